The predicted molar refractivity (Wildman–Crippen MR) is 77.3 cm³/mol. The van der Waals surface area contributed by atoms with Crippen LogP contribution in [0.2, 0.25) is 0 Å². The fraction of sp³-hybridized carbons (Fsp3) is 0.0588. The van der Waals surface area contributed by atoms with E-state index in [0.29, 0.717) is 11.3 Å². The van der Waals surface area contributed by atoms with Gasteiger partial charge in [0, 0.05) is 11.1 Å². The van der Waals surface area contributed by atoms with Crippen LogP contribution < -0.4 is 4.74 Å². The Hall–Kier alpha value is -2.93. The highest BCUT2D eigenvalue weighted by molar-refractivity contribution is 6.14. The van der Waals surface area contributed by atoms with E-state index in [1.165, 1.54) is 25.3 Å². The summed E-state index contributed by atoms with van der Waals surface area (Å²) in [6.45, 7) is 0. The molecule has 0 saturated carbocycles. The second-order valence-corrected chi connectivity index (χ2v) is 4.25. The second-order valence-electron chi connectivity index (χ2n) is 4.25. The third-order valence-corrected chi connectivity index (χ3v) is 2.92. The Morgan fingerprint density at radius 3 is 2.43 bits per heavy atom. The molecule has 0 fully saturated rings. The van der Waals surface area contributed by atoms with Crippen molar-refractivity contribution in [2.75, 3.05) is 7.11 Å². The highest BCUT2D eigenvalue weighted by Gasteiger charge is 2.13. The predicted octanol–water partition coefficient (Wildman–Crippen LogP) is 3.62. The smallest absolute Gasteiger partial charge is 0.203 e. The fourth-order valence-electron chi connectivity index (χ4n) is 1.79. The summed E-state index contributed by atoms with van der Waals surface area (Å²) in [5.74, 6) is -0.320. The average molecular weight is 281 g/mol. The molecule has 21 heavy (non-hydrogen) atoms. The summed E-state index contributed by atoms with van der Waals surface area (Å²) in [5, 5.41) is 9.12. The van der Waals surface area contributed by atoms with Gasteiger partial charge in [-0.1, -0.05) is 18.2 Å². The first-order chi connectivity index (χ1) is 10.2. The number of allylic oxidation sites excluding steroid dienone is 1. The van der Waals surface area contributed by atoms with Crippen LogP contribution in [0.15, 0.2) is 54.1 Å². The lowest BCUT2D eigenvalue weighted by Gasteiger charge is -2.03. The molecule has 0 radical (unpaired) electrons. The number of hydrogen-bond donors (Lipinski definition) is 0. The summed E-state index contributed by atoms with van der Waals surface area (Å²) in [6.07, 6.45) is 1.25. The number of ether oxygens (including phenoxy) is 1. The van der Waals surface area contributed by atoms with Crippen molar-refractivity contribution >= 4 is 11.9 Å². The molecule has 2 aromatic rings. The number of benzene rings is 2. The summed E-state index contributed by atoms with van der Waals surface area (Å²) in [6, 6.07) is 14.2. The van der Waals surface area contributed by atoms with Crippen molar-refractivity contribution in [2.24, 2.45) is 0 Å². The summed E-state index contributed by atoms with van der Waals surface area (Å²) in [4.78, 5) is 12.2. The zero-order valence-electron chi connectivity index (χ0n) is 11.3. The number of carbonyl (C=O) groups excluding carboxylic acids is 1. The maximum absolute atomic E-state index is 13.6. The number of halogens is 1. The Morgan fingerprint density at radius 2 is 1.86 bits per heavy atom. The topological polar surface area (TPSA) is 50.1 Å². The van der Waals surface area contributed by atoms with Crippen molar-refractivity contribution in [1.29, 1.82) is 5.26 Å². The normalized spacial score (nSPS) is 10.8. The van der Waals surface area contributed by atoms with Crippen LogP contribution in [0.4, 0.5) is 4.39 Å². The maximum Gasteiger partial charge on any atom is 0.203 e. The van der Waals surface area contributed by atoms with Gasteiger partial charge in [-0.25, -0.2) is 4.39 Å². The molecule has 0 aliphatic heterocycles. The van der Waals surface area contributed by atoms with Crippen molar-refractivity contribution in [1.82, 2.24) is 0 Å². The molecule has 0 N–H and O–H groups in total. The fourth-order valence-corrected chi connectivity index (χ4v) is 1.79. The molecule has 0 bridgehead atoms. The van der Waals surface area contributed by atoms with Gasteiger partial charge in [0.05, 0.1) is 7.11 Å². The van der Waals surface area contributed by atoms with Gasteiger partial charge in [0.2, 0.25) is 5.78 Å². The van der Waals surface area contributed by atoms with E-state index in [4.69, 9.17) is 10.00 Å². The number of carbonyl (C=O) groups is 1. The van der Waals surface area contributed by atoms with Crippen molar-refractivity contribution in [3.63, 3.8) is 0 Å². The largest absolute Gasteiger partial charge is 0.497 e. The van der Waals surface area contributed by atoms with Crippen LogP contribution in [0.25, 0.3) is 6.08 Å². The molecular weight excluding hydrogens is 269 g/mol. The molecule has 0 amide bonds. The van der Waals surface area contributed by atoms with E-state index >= 15 is 0 Å². The molecular formula is C17H12FNO2. The first-order valence-corrected chi connectivity index (χ1v) is 6.21. The van der Waals surface area contributed by atoms with Gasteiger partial charge in [-0.2, -0.15) is 5.26 Å². The van der Waals surface area contributed by atoms with Crippen LogP contribution >= 0.6 is 0 Å². The first-order valence-electron chi connectivity index (χ1n) is 6.21. The number of nitrogens with zero attached hydrogens (tertiary/aromatic N) is 1. The van der Waals surface area contributed by atoms with Gasteiger partial charge in [0.1, 0.15) is 23.2 Å². The summed E-state index contributed by atoms with van der Waals surface area (Å²) in [5.41, 5.74) is 0.432. The third-order valence-electron chi connectivity index (χ3n) is 2.92. The van der Waals surface area contributed by atoms with Crippen LogP contribution in [0, 0.1) is 17.1 Å². The number of methoxy groups -OCH3 is 1. The van der Waals surface area contributed by atoms with Gasteiger partial charge in [0.15, 0.2) is 0 Å². The Balaban J connectivity index is 2.35. The molecule has 0 heterocycles. The molecule has 104 valence electrons. The molecule has 0 spiro atoms. The molecule has 2 rings (SSSR count). The molecule has 0 aliphatic rings. The van der Waals surface area contributed by atoms with Crippen LogP contribution in [0.3, 0.4) is 0 Å². The number of Topliss-reactive ketones (excluding diaryl/α,β-unsaturated/α-hetero) is 1. The summed E-state index contributed by atoms with van der Waals surface area (Å²) >= 11 is 0. The van der Waals surface area contributed by atoms with E-state index in [1.54, 1.807) is 36.4 Å². The number of rotatable bonds is 4. The lowest BCUT2D eigenvalue weighted by molar-refractivity contribution is 0.104. The van der Waals surface area contributed by atoms with Crippen molar-refractivity contribution in [2.45, 2.75) is 0 Å². The van der Waals surface area contributed by atoms with E-state index in [-0.39, 0.29) is 11.1 Å². The SMILES string of the molecule is COc1ccc(C(=O)C(C#N)=Cc2ccccc2F)cc1. The van der Waals surface area contributed by atoms with E-state index in [1.807, 2.05) is 6.07 Å². The van der Waals surface area contributed by atoms with Gasteiger partial charge in [-0.3, -0.25) is 4.79 Å². The van der Waals surface area contributed by atoms with E-state index in [9.17, 15) is 9.18 Å². The number of hydrogen-bond acceptors (Lipinski definition) is 3. The molecule has 3 nitrogen and oxygen atoms in total. The molecule has 4 heteroatoms. The van der Waals surface area contributed by atoms with Crippen molar-refractivity contribution in [3.8, 4) is 11.8 Å². The first kappa shape index (κ1) is 14.5. The molecule has 0 unspecified atom stereocenters. The molecule has 0 aliphatic carbocycles. The van der Waals surface area contributed by atoms with Crippen LogP contribution in [-0.2, 0) is 0 Å². The van der Waals surface area contributed by atoms with Gasteiger partial charge in [0.25, 0.3) is 0 Å². The van der Waals surface area contributed by atoms with Crippen molar-refractivity contribution in [3.05, 3.63) is 71.0 Å². The Bertz CT molecular complexity index is 727. The van der Waals surface area contributed by atoms with Gasteiger partial charge in [-0.15, -0.1) is 0 Å². The number of ketones is 1. The molecule has 0 atom stereocenters. The quantitative estimate of drug-likeness (QED) is 0.488. The van der Waals surface area contributed by atoms with Gasteiger partial charge in [-0.05, 0) is 36.4 Å². The zero-order valence-corrected chi connectivity index (χ0v) is 11.3. The minimum absolute atomic E-state index is 0.120. The standard InChI is InChI=1S/C17H12FNO2/c1-21-15-8-6-12(7-9-15)17(20)14(11-19)10-13-4-2-3-5-16(13)18/h2-10H,1H3. The lowest BCUT2D eigenvalue weighted by Crippen LogP contribution is -2.02. The van der Waals surface area contributed by atoms with Crippen LogP contribution in [-0.4, -0.2) is 12.9 Å². The monoisotopic (exact) mass is 281 g/mol. The Labute approximate surface area is 121 Å². The zero-order chi connectivity index (χ0) is 15.2. The average Bonchev–Trinajstić information content (AvgIpc) is 2.53. The van der Waals surface area contributed by atoms with Gasteiger partial charge >= 0.3 is 0 Å². The highest BCUT2D eigenvalue weighted by atomic mass is 19.1. The Kier molecular flexibility index (Phi) is 4.47. The second kappa shape index (κ2) is 6.49. The van der Waals surface area contributed by atoms with Gasteiger partial charge < -0.3 is 4.74 Å². The van der Waals surface area contributed by atoms with Crippen LogP contribution in [0.5, 0.6) is 5.75 Å². The summed E-state index contributed by atoms with van der Waals surface area (Å²) in [7, 11) is 1.52. The maximum atomic E-state index is 13.6. The third kappa shape index (κ3) is 3.34. The Morgan fingerprint density at radius 1 is 1.19 bits per heavy atom. The van der Waals surface area contributed by atoms with E-state index in [2.05, 4.69) is 0 Å². The van der Waals surface area contributed by atoms with Crippen LogP contribution in [0.1, 0.15) is 15.9 Å². The molecule has 2 aromatic carbocycles. The molecule has 0 saturated heterocycles. The minimum Gasteiger partial charge on any atom is -0.497 e. The number of nitriles is 1. The van der Waals surface area contributed by atoms with E-state index < -0.39 is 11.6 Å². The lowest BCUT2D eigenvalue weighted by atomic mass is 10.0. The van der Waals surface area contributed by atoms with E-state index in [0.717, 1.165) is 0 Å². The summed E-state index contributed by atoms with van der Waals surface area (Å²) < 4.78 is 18.6. The molecule has 0 aromatic heterocycles. The van der Waals surface area contributed by atoms with Crippen molar-refractivity contribution < 1.29 is 13.9 Å². The minimum atomic E-state index is -0.479. The highest BCUT2D eigenvalue weighted by Crippen LogP contribution is 2.17.